The summed E-state index contributed by atoms with van der Waals surface area (Å²) < 4.78 is 5.51. The zero-order chi connectivity index (χ0) is 24.6. The van der Waals surface area contributed by atoms with Crippen molar-refractivity contribution in [3.63, 3.8) is 0 Å². The number of benzene rings is 1. The fourth-order valence-corrected chi connectivity index (χ4v) is 4.26. The zero-order valence-electron chi connectivity index (χ0n) is 20.7. The van der Waals surface area contributed by atoms with Gasteiger partial charge in [0.2, 0.25) is 5.91 Å². The van der Waals surface area contributed by atoms with Crippen molar-refractivity contribution in [1.29, 1.82) is 0 Å². The first-order valence-electron chi connectivity index (χ1n) is 12.1. The van der Waals surface area contributed by atoms with Crippen LogP contribution in [-0.4, -0.2) is 54.1 Å². The van der Waals surface area contributed by atoms with E-state index >= 15 is 0 Å². The predicted molar refractivity (Wildman–Crippen MR) is 140 cm³/mol. The Bertz CT molecular complexity index is 1150. The second kappa shape index (κ2) is 11.5. The van der Waals surface area contributed by atoms with Crippen LogP contribution in [0.5, 0.6) is 0 Å². The van der Waals surface area contributed by atoms with Crippen molar-refractivity contribution < 1.29 is 9.53 Å². The molecule has 0 saturated carbocycles. The average molecular weight is 472 g/mol. The molecule has 7 nitrogen and oxygen atoms in total. The Morgan fingerprint density at radius 1 is 1.03 bits per heavy atom. The summed E-state index contributed by atoms with van der Waals surface area (Å²) in [6.45, 7) is 7.68. The molecule has 3 aromatic rings. The molecule has 0 aliphatic carbocycles. The number of hydrogen-bond acceptors (Lipinski definition) is 6. The number of amides is 1. The number of ether oxygens (including phenoxy) is 1. The lowest BCUT2D eigenvalue weighted by Crippen LogP contribution is -2.46. The molecule has 3 heterocycles. The van der Waals surface area contributed by atoms with Gasteiger partial charge in [0.15, 0.2) is 5.88 Å². The van der Waals surface area contributed by atoms with Crippen LogP contribution in [0.3, 0.4) is 0 Å². The highest BCUT2D eigenvalue weighted by molar-refractivity contribution is 5.91. The summed E-state index contributed by atoms with van der Waals surface area (Å²) in [7, 11) is 1.73. The molecule has 0 spiro atoms. The lowest BCUT2D eigenvalue weighted by atomic mass is 10.0. The van der Waals surface area contributed by atoms with Crippen LogP contribution in [0, 0.1) is 6.92 Å². The first-order chi connectivity index (χ1) is 17.1. The smallest absolute Gasteiger partial charge is 0.229 e. The van der Waals surface area contributed by atoms with E-state index < -0.39 is 0 Å². The van der Waals surface area contributed by atoms with Crippen molar-refractivity contribution in [3.05, 3.63) is 84.1 Å². The Kier molecular flexibility index (Phi) is 7.98. The molecule has 182 valence electrons. The molecule has 1 aromatic carbocycles. The Balaban J connectivity index is 1.29. The van der Waals surface area contributed by atoms with Gasteiger partial charge in [-0.15, -0.1) is 0 Å². The minimum absolute atomic E-state index is 0.0822. The molecular formula is C28H33N5O2. The molecule has 4 rings (SSSR count). The molecule has 0 bridgehead atoms. The van der Waals surface area contributed by atoms with Crippen molar-refractivity contribution >= 4 is 17.4 Å². The highest BCUT2D eigenvalue weighted by atomic mass is 16.5. The third-order valence-electron chi connectivity index (χ3n) is 6.11. The Hall–Kier alpha value is -3.87. The minimum atomic E-state index is -0.0822. The summed E-state index contributed by atoms with van der Waals surface area (Å²) in [5.74, 6) is 1.43. The maximum atomic E-state index is 12.6. The number of pyridine rings is 2. The van der Waals surface area contributed by atoms with Gasteiger partial charge >= 0.3 is 0 Å². The topological polar surface area (TPSA) is 70.6 Å². The van der Waals surface area contributed by atoms with Gasteiger partial charge in [-0.3, -0.25) is 9.78 Å². The number of allylic oxidation sites excluding steroid dienone is 1. The first kappa shape index (κ1) is 24.3. The molecular weight excluding hydrogens is 438 g/mol. The van der Waals surface area contributed by atoms with Gasteiger partial charge in [0.25, 0.3) is 0 Å². The monoisotopic (exact) mass is 471 g/mol. The number of hydrogen-bond donors (Lipinski definition) is 1. The third kappa shape index (κ3) is 6.38. The molecule has 1 saturated heterocycles. The average Bonchev–Trinajstić information content (AvgIpc) is 2.88. The van der Waals surface area contributed by atoms with E-state index in [1.54, 1.807) is 7.11 Å². The van der Waals surface area contributed by atoms with Crippen molar-refractivity contribution in [3.8, 4) is 11.1 Å². The van der Waals surface area contributed by atoms with E-state index in [0.29, 0.717) is 12.2 Å². The van der Waals surface area contributed by atoms with Gasteiger partial charge in [-0.05, 0) is 60.4 Å². The van der Waals surface area contributed by atoms with Gasteiger partial charge in [0, 0.05) is 38.1 Å². The van der Waals surface area contributed by atoms with Crippen LogP contribution in [0.1, 0.15) is 24.6 Å². The summed E-state index contributed by atoms with van der Waals surface area (Å²) in [4.78, 5) is 25.8. The maximum Gasteiger partial charge on any atom is 0.229 e. The predicted octanol–water partition coefficient (Wildman–Crippen LogP) is 4.65. The summed E-state index contributed by atoms with van der Waals surface area (Å²) in [6.07, 6.45) is 7.01. The molecule has 0 atom stereocenters. The summed E-state index contributed by atoms with van der Waals surface area (Å²) in [6, 6.07) is 16.0. The number of aryl methyl sites for hydroxylation is 1. The van der Waals surface area contributed by atoms with Crippen LogP contribution in [0.15, 0.2) is 72.9 Å². The van der Waals surface area contributed by atoms with Crippen molar-refractivity contribution in [2.24, 2.45) is 0 Å². The summed E-state index contributed by atoms with van der Waals surface area (Å²) >= 11 is 0. The van der Waals surface area contributed by atoms with E-state index in [4.69, 9.17) is 4.74 Å². The lowest BCUT2D eigenvalue weighted by molar-refractivity contribution is -0.115. The second-order valence-corrected chi connectivity index (χ2v) is 8.64. The number of methoxy groups -OCH3 is 1. The lowest BCUT2D eigenvalue weighted by Gasteiger charge is -2.37. The molecule has 1 aliphatic heterocycles. The zero-order valence-corrected chi connectivity index (χ0v) is 20.7. The molecule has 1 aliphatic rings. The Morgan fingerprint density at radius 3 is 2.43 bits per heavy atom. The van der Waals surface area contributed by atoms with E-state index in [1.807, 2.05) is 61.8 Å². The number of piperazine rings is 1. The van der Waals surface area contributed by atoms with Crippen LogP contribution in [-0.2, 0) is 16.0 Å². The molecule has 2 aromatic heterocycles. The number of anilines is 2. The number of nitrogens with one attached hydrogen (secondary N) is 1. The van der Waals surface area contributed by atoms with Crippen molar-refractivity contribution in [1.82, 2.24) is 14.9 Å². The summed E-state index contributed by atoms with van der Waals surface area (Å²) in [5.41, 5.74) is 5.23. The normalized spacial score (nSPS) is 14.1. The molecule has 0 radical (unpaired) electrons. The quantitative estimate of drug-likeness (QED) is 0.482. The van der Waals surface area contributed by atoms with Gasteiger partial charge < -0.3 is 19.9 Å². The molecule has 0 unspecified atom stereocenters. The number of nitrogens with zero attached hydrogens (tertiary/aromatic N) is 4. The molecule has 35 heavy (non-hydrogen) atoms. The fraction of sp³-hybridized carbons (Fsp3) is 0.321. The van der Waals surface area contributed by atoms with Gasteiger partial charge in [-0.1, -0.05) is 31.2 Å². The van der Waals surface area contributed by atoms with Crippen LogP contribution in [0.2, 0.25) is 0 Å². The SMILES string of the molecule is CC/C=C(\OC)N1CCN(c2ccc(NC(=O)Cc3ccc(-c4ccnc(C)c4)cc3)nc2)CC1. The number of aromatic nitrogens is 2. The van der Waals surface area contributed by atoms with Crippen molar-refractivity contribution in [2.45, 2.75) is 26.7 Å². The summed E-state index contributed by atoms with van der Waals surface area (Å²) in [5, 5.41) is 2.91. The number of carbonyl (C=O) groups is 1. The highest BCUT2D eigenvalue weighted by Crippen LogP contribution is 2.21. The van der Waals surface area contributed by atoms with E-state index in [9.17, 15) is 4.79 Å². The standard InChI is InChI=1S/C28H33N5O2/c1-4-5-28(35-3)33-16-14-32(15-17-33)25-10-11-26(30-20-25)31-27(34)19-22-6-8-23(9-7-22)24-12-13-29-21(2)18-24/h5-13,18,20H,4,14-17,19H2,1-3H3,(H,30,31,34)/b28-5-. The first-order valence-corrected chi connectivity index (χ1v) is 12.1. The number of rotatable bonds is 8. The molecule has 1 fully saturated rings. The van der Waals surface area contributed by atoms with Gasteiger partial charge in [-0.25, -0.2) is 4.98 Å². The van der Waals surface area contributed by atoms with Crippen LogP contribution >= 0.6 is 0 Å². The Labute approximate surface area is 207 Å². The maximum absolute atomic E-state index is 12.6. The van der Waals surface area contributed by atoms with Crippen LogP contribution in [0.25, 0.3) is 11.1 Å². The molecule has 1 N–H and O–H groups in total. The molecule has 1 amide bonds. The van der Waals surface area contributed by atoms with E-state index in [0.717, 1.165) is 66.6 Å². The highest BCUT2D eigenvalue weighted by Gasteiger charge is 2.19. The fourth-order valence-electron chi connectivity index (χ4n) is 4.26. The minimum Gasteiger partial charge on any atom is -0.483 e. The van der Waals surface area contributed by atoms with Crippen LogP contribution in [0.4, 0.5) is 11.5 Å². The van der Waals surface area contributed by atoms with Crippen LogP contribution < -0.4 is 10.2 Å². The van der Waals surface area contributed by atoms with Gasteiger partial charge in [0.1, 0.15) is 5.82 Å². The number of carbonyl (C=O) groups excluding carboxylic acids is 1. The largest absolute Gasteiger partial charge is 0.483 e. The van der Waals surface area contributed by atoms with Crippen molar-refractivity contribution in [2.75, 3.05) is 43.5 Å². The second-order valence-electron chi connectivity index (χ2n) is 8.64. The van der Waals surface area contributed by atoms with Gasteiger partial charge in [-0.2, -0.15) is 0 Å². The third-order valence-corrected chi connectivity index (χ3v) is 6.11. The van der Waals surface area contributed by atoms with E-state index in [1.165, 1.54) is 0 Å². The Morgan fingerprint density at radius 2 is 1.80 bits per heavy atom. The van der Waals surface area contributed by atoms with Gasteiger partial charge in [0.05, 0.1) is 25.4 Å². The molecule has 7 heteroatoms. The van der Waals surface area contributed by atoms with E-state index in [2.05, 4.69) is 44.2 Å². The van der Waals surface area contributed by atoms with E-state index in [-0.39, 0.29) is 5.91 Å².